The van der Waals surface area contributed by atoms with Crippen LogP contribution in [0.4, 0.5) is 0 Å². The monoisotopic (exact) mass is 536 g/mol. The van der Waals surface area contributed by atoms with Gasteiger partial charge >= 0.3 is 0 Å². The van der Waals surface area contributed by atoms with Gasteiger partial charge in [0.05, 0.1) is 18.6 Å². The molecule has 7 nitrogen and oxygen atoms in total. The van der Waals surface area contributed by atoms with E-state index >= 15 is 0 Å². The molecule has 1 aromatic rings. The molecule has 0 radical (unpaired) electrons. The Morgan fingerprint density at radius 2 is 1.90 bits per heavy atom. The van der Waals surface area contributed by atoms with E-state index in [2.05, 4.69) is 32.7 Å². The number of nitrogens with zero attached hydrogens (tertiary/aromatic N) is 2. The molecule has 2 aliphatic rings. The zero-order chi connectivity index (χ0) is 20.0. The minimum atomic E-state index is -2.88. The Morgan fingerprint density at radius 1 is 1.21 bits per heavy atom. The van der Waals surface area contributed by atoms with Crippen molar-refractivity contribution >= 4 is 39.8 Å². The summed E-state index contributed by atoms with van der Waals surface area (Å²) in [5.41, 5.74) is 1.31. The van der Waals surface area contributed by atoms with Crippen molar-refractivity contribution < 1.29 is 13.2 Å². The molecule has 1 unspecified atom stereocenters. The number of likely N-dealkylation sites (tertiary alicyclic amines) is 1. The number of nitrogens with one attached hydrogen (secondary N) is 2. The van der Waals surface area contributed by atoms with Gasteiger partial charge in [0.25, 0.3) is 0 Å². The molecule has 0 spiro atoms. The van der Waals surface area contributed by atoms with Crippen molar-refractivity contribution in [3.63, 3.8) is 0 Å². The van der Waals surface area contributed by atoms with Gasteiger partial charge in [0, 0.05) is 26.2 Å². The summed E-state index contributed by atoms with van der Waals surface area (Å²) < 4.78 is 28.4. The largest absolute Gasteiger partial charge is 0.497 e. The number of sulfone groups is 1. The number of methoxy groups -OCH3 is 1. The molecular weight excluding hydrogens is 503 g/mol. The first-order chi connectivity index (χ1) is 13.5. The Labute approximate surface area is 191 Å². The van der Waals surface area contributed by atoms with Crippen LogP contribution in [0.1, 0.15) is 24.8 Å². The predicted molar refractivity (Wildman–Crippen MR) is 128 cm³/mol. The van der Waals surface area contributed by atoms with Gasteiger partial charge in [-0.05, 0) is 56.0 Å². The Bertz CT molecular complexity index is 762. The molecular formula is C20H33IN4O3S. The minimum Gasteiger partial charge on any atom is -0.497 e. The van der Waals surface area contributed by atoms with Crippen LogP contribution in [-0.2, 0) is 16.4 Å². The summed E-state index contributed by atoms with van der Waals surface area (Å²) >= 11 is 0. The first-order valence-corrected chi connectivity index (χ1v) is 11.8. The molecule has 2 aliphatic heterocycles. The SMILES string of the molecule is CN=C(NCC1CCN(Cc2ccc(OC)cc2)CC1)NC1CCS(=O)(=O)C1.I. The molecule has 0 aliphatic carbocycles. The maximum absolute atomic E-state index is 11.6. The summed E-state index contributed by atoms with van der Waals surface area (Å²) in [6.45, 7) is 4.02. The lowest BCUT2D eigenvalue weighted by molar-refractivity contribution is 0.178. The van der Waals surface area contributed by atoms with E-state index in [9.17, 15) is 8.42 Å². The van der Waals surface area contributed by atoms with Crippen molar-refractivity contribution in [2.45, 2.75) is 31.8 Å². The van der Waals surface area contributed by atoms with Crippen LogP contribution in [0.25, 0.3) is 0 Å². The molecule has 0 bridgehead atoms. The van der Waals surface area contributed by atoms with E-state index in [1.165, 1.54) is 5.56 Å². The second kappa shape index (κ2) is 11.4. The molecule has 0 saturated carbocycles. The number of guanidine groups is 1. The molecule has 2 fully saturated rings. The van der Waals surface area contributed by atoms with Gasteiger partial charge in [-0.15, -0.1) is 24.0 Å². The van der Waals surface area contributed by atoms with Crippen molar-refractivity contribution in [2.75, 3.05) is 45.3 Å². The van der Waals surface area contributed by atoms with Crippen molar-refractivity contribution in [1.29, 1.82) is 0 Å². The lowest BCUT2D eigenvalue weighted by atomic mass is 9.96. The maximum Gasteiger partial charge on any atom is 0.191 e. The number of aliphatic imine (C=N–C) groups is 1. The van der Waals surface area contributed by atoms with Gasteiger partial charge in [-0.1, -0.05) is 12.1 Å². The minimum absolute atomic E-state index is 0. The lowest BCUT2D eigenvalue weighted by Crippen LogP contribution is -2.46. The van der Waals surface area contributed by atoms with Crippen LogP contribution in [0.3, 0.4) is 0 Å². The molecule has 0 amide bonds. The average molecular weight is 536 g/mol. The molecule has 1 aromatic carbocycles. The first-order valence-electron chi connectivity index (χ1n) is 10.0. The van der Waals surface area contributed by atoms with Crippen LogP contribution >= 0.6 is 24.0 Å². The summed E-state index contributed by atoms with van der Waals surface area (Å²) in [5, 5.41) is 6.63. The third-order valence-electron chi connectivity index (χ3n) is 5.63. The highest BCUT2D eigenvalue weighted by Crippen LogP contribution is 2.20. The Hall–Kier alpha value is -1.07. The van der Waals surface area contributed by atoms with Crippen LogP contribution in [0.2, 0.25) is 0 Å². The summed E-state index contributed by atoms with van der Waals surface area (Å²) in [6, 6.07) is 8.26. The second-order valence-electron chi connectivity index (χ2n) is 7.77. The summed E-state index contributed by atoms with van der Waals surface area (Å²) in [5.74, 6) is 2.69. The number of piperidine rings is 1. The number of benzene rings is 1. The van der Waals surface area contributed by atoms with E-state index in [4.69, 9.17) is 4.74 Å². The molecule has 2 saturated heterocycles. The molecule has 9 heteroatoms. The molecule has 29 heavy (non-hydrogen) atoms. The van der Waals surface area contributed by atoms with E-state index in [-0.39, 0.29) is 41.5 Å². The standard InChI is InChI=1S/C20H32N4O3S.HI/c1-21-20(23-18-9-12-28(25,26)15-18)22-13-16-7-10-24(11-8-16)14-17-3-5-19(27-2)6-4-17;/h3-6,16,18H,7-15H2,1-2H3,(H2,21,22,23);1H. The first kappa shape index (κ1) is 24.2. The number of hydrogen-bond acceptors (Lipinski definition) is 5. The number of halogens is 1. The van der Waals surface area contributed by atoms with Crippen molar-refractivity contribution in [1.82, 2.24) is 15.5 Å². The van der Waals surface area contributed by atoms with Gasteiger partial charge < -0.3 is 15.4 Å². The van der Waals surface area contributed by atoms with E-state index < -0.39 is 9.84 Å². The summed E-state index contributed by atoms with van der Waals surface area (Å²) in [7, 11) is 0.542. The fourth-order valence-electron chi connectivity index (χ4n) is 3.88. The fraction of sp³-hybridized carbons (Fsp3) is 0.650. The van der Waals surface area contributed by atoms with Crippen molar-refractivity contribution in [3.8, 4) is 5.75 Å². The normalized spacial score (nSPS) is 22.7. The molecule has 1 atom stereocenters. The zero-order valence-corrected chi connectivity index (χ0v) is 20.4. The van der Waals surface area contributed by atoms with Gasteiger partial charge in [0.15, 0.2) is 15.8 Å². The smallest absolute Gasteiger partial charge is 0.191 e. The van der Waals surface area contributed by atoms with Gasteiger partial charge in [-0.2, -0.15) is 0 Å². The van der Waals surface area contributed by atoms with Crippen molar-refractivity contribution in [3.05, 3.63) is 29.8 Å². The topological polar surface area (TPSA) is 83.0 Å². The molecule has 3 rings (SSSR count). The second-order valence-corrected chi connectivity index (χ2v) is 9.99. The maximum atomic E-state index is 11.6. The van der Waals surface area contributed by atoms with Gasteiger partial charge in [0.1, 0.15) is 5.75 Å². The van der Waals surface area contributed by atoms with E-state index in [1.54, 1.807) is 14.2 Å². The van der Waals surface area contributed by atoms with Crippen LogP contribution < -0.4 is 15.4 Å². The third kappa shape index (κ3) is 7.60. The average Bonchev–Trinajstić information content (AvgIpc) is 3.05. The van der Waals surface area contributed by atoms with E-state index in [0.717, 1.165) is 44.8 Å². The lowest BCUT2D eigenvalue weighted by Gasteiger charge is -2.32. The van der Waals surface area contributed by atoms with Crippen LogP contribution in [-0.4, -0.2) is 70.6 Å². The predicted octanol–water partition coefficient (Wildman–Crippen LogP) is 1.88. The summed E-state index contributed by atoms with van der Waals surface area (Å²) in [6.07, 6.45) is 2.96. The third-order valence-corrected chi connectivity index (χ3v) is 7.40. The van der Waals surface area contributed by atoms with Gasteiger partial charge in [0.2, 0.25) is 0 Å². The van der Waals surface area contributed by atoms with Crippen LogP contribution in [0, 0.1) is 5.92 Å². The Kier molecular flexibility index (Phi) is 9.48. The van der Waals surface area contributed by atoms with E-state index in [1.807, 2.05) is 12.1 Å². The summed E-state index contributed by atoms with van der Waals surface area (Å²) in [4.78, 5) is 6.74. The fourth-order valence-corrected chi connectivity index (χ4v) is 5.55. The number of rotatable bonds is 6. The van der Waals surface area contributed by atoms with Crippen molar-refractivity contribution in [2.24, 2.45) is 10.9 Å². The van der Waals surface area contributed by atoms with Gasteiger partial charge in [-0.25, -0.2) is 8.42 Å². The molecule has 2 N–H and O–H groups in total. The molecule has 0 aromatic heterocycles. The Balaban J connectivity index is 0.00000300. The van der Waals surface area contributed by atoms with E-state index in [0.29, 0.717) is 18.3 Å². The van der Waals surface area contributed by atoms with Crippen LogP contribution in [0.15, 0.2) is 29.3 Å². The highest BCUT2D eigenvalue weighted by atomic mass is 127. The molecule has 164 valence electrons. The zero-order valence-electron chi connectivity index (χ0n) is 17.3. The Morgan fingerprint density at radius 3 is 2.45 bits per heavy atom. The van der Waals surface area contributed by atoms with Crippen LogP contribution in [0.5, 0.6) is 5.75 Å². The van der Waals surface area contributed by atoms with Gasteiger partial charge in [-0.3, -0.25) is 9.89 Å². The highest BCUT2D eigenvalue weighted by molar-refractivity contribution is 14.0. The quantitative estimate of drug-likeness (QED) is 0.328. The molecule has 2 heterocycles. The number of hydrogen-bond donors (Lipinski definition) is 2. The number of ether oxygens (including phenoxy) is 1. The highest BCUT2D eigenvalue weighted by Gasteiger charge is 2.28.